The van der Waals surface area contributed by atoms with E-state index in [2.05, 4.69) is 10.1 Å². The highest BCUT2D eigenvalue weighted by Crippen LogP contribution is 2.40. The van der Waals surface area contributed by atoms with Gasteiger partial charge in [0, 0.05) is 11.5 Å². The summed E-state index contributed by atoms with van der Waals surface area (Å²) < 4.78 is 10.3. The number of nitrogens with one attached hydrogen (secondary N) is 1. The Labute approximate surface area is 123 Å². The fourth-order valence-electron chi connectivity index (χ4n) is 2.32. The Kier molecular flexibility index (Phi) is 4.47. The molecule has 2 rings (SSSR count). The second-order valence-electron chi connectivity index (χ2n) is 5.07. The van der Waals surface area contributed by atoms with Crippen molar-refractivity contribution in [3.8, 4) is 5.75 Å². The maximum atomic E-state index is 12.3. The number of rotatable bonds is 4. The molecule has 0 bridgehead atoms. The van der Waals surface area contributed by atoms with Gasteiger partial charge in [0.15, 0.2) is 6.04 Å². The lowest BCUT2D eigenvalue weighted by Crippen LogP contribution is -2.44. The van der Waals surface area contributed by atoms with Gasteiger partial charge in [-0.15, -0.1) is 0 Å². The molecule has 1 amide bonds. The number of esters is 1. The average Bonchev–Trinajstić information content (AvgIpc) is 2.79. The predicted molar refractivity (Wildman–Crippen MR) is 75.3 cm³/mol. The van der Waals surface area contributed by atoms with Gasteiger partial charge >= 0.3 is 5.97 Å². The number of hydrogen-bond acceptors (Lipinski definition) is 5. The topological polar surface area (TPSA) is 84.9 Å². The fourth-order valence-corrected chi connectivity index (χ4v) is 2.32. The first kappa shape index (κ1) is 15.3. The Morgan fingerprint density at radius 2 is 2.14 bits per heavy atom. The Bertz CT molecular complexity index is 557. The van der Waals surface area contributed by atoms with Crippen molar-refractivity contribution in [3.63, 3.8) is 0 Å². The van der Waals surface area contributed by atoms with Gasteiger partial charge in [0.25, 0.3) is 5.91 Å². The maximum Gasteiger partial charge on any atom is 0.330 e. The van der Waals surface area contributed by atoms with E-state index in [4.69, 9.17) is 9.84 Å². The molecule has 0 spiro atoms. The van der Waals surface area contributed by atoms with Crippen molar-refractivity contribution in [1.29, 1.82) is 0 Å². The molecular formula is C15H19NO5. The van der Waals surface area contributed by atoms with E-state index < -0.39 is 24.5 Å². The molecule has 1 aliphatic rings. The number of para-hydroxylation sites is 1. The van der Waals surface area contributed by atoms with Gasteiger partial charge in [-0.05, 0) is 13.0 Å². The molecule has 1 aromatic rings. The Morgan fingerprint density at radius 3 is 2.76 bits per heavy atom. The molecule has 2 N–H and O–H groups in total. The number of aliphatic hydroxyl groups excluding tert-OH is 1. The van der Waals surface area contributed by atoms with Gasteiger partial charge < -0.3 is 19.9 Å². The number of hydrogen-bond donors (Lipinski definition) is 2. The number of benzene rings is 1. The average molecular weight is 293 g/mol. The molecule has 0 radical (unpaired) electrons. The first-order valence-corrected chi connectivity index (χ1v) is 6.78. The summed E-state index contributed by atoms with van der Waals surface area (Å²) in [5.74, 6) is -0.433. The molecule has 0 aromatic heterocycles. The lowest BCUT2D eigenvalue weighted by atomic mass is 9.97. The van der Waals surface area contributed by atoms with Crippen LogP contribution in [0.25, 0.3) is 0 Å². The molecule has 1 heterocycles. The van der Waals surface area contributed by atoms with Crippen LogP contribution in [0.1, 0.15) is 35.7 Å². The van der Waals surface area contributed by atoms with E-state index in [9.17, 15) is 9.59 Å². The second-order valence-corrected chi connectivity index (χ2v) is 5.07. The molecule has 114 valence electrons. The van der Waals surface area contributed by atoms with E-state index in [1.165, 1.54) is 7.11 Å². The summed E-state index contributed by atoms with van der Waals surface area (Å²) in [4.78, 5) is 23.7. The van der Waals surface area contributed by atoms with Gasteiger partial charge in [0.2, 0.25) is 0 Å². The van der Waals surface area contributed by atoms with Crippen LogP contribution in [0.3, 0.4) is 0 Å². The van der Waals surface area contributed by atoms with Crippen molar-refractivity contribution < 1.29 is 24.2 Å². The Hall–Kier alpha value is -2.08. The van der Waals surface area contributed by atoms with E-state index >= 15 is 0 Å². The Morgan fingerprint density at radius 1 is 1.43 bits per heavy atom. The van der Waals surface area contributed by atoms with Gasteiger partial charge in [-0.2, -0.15) is 0 Å². The summed E-state index contributed by atoms with van der Waals surface area (Å²) in [7, 11) is 1.20. The summed E-state index contributed by atoms with van der Waals surface area (Å²) in [5, 5.41) is 11.6. The molecule has 3 atom stereocenters. The maximum absolute atomic E-state index is 12.3. The van der Waals surface area contributed by atoms with E-state index in [0.29, 0.717) is 11.3 Å². The molecule has 1 aliphatic heterocycles. The monoisotopic (exact) mass is 293 g/mol. The minimum absolute atomic E-state index is 0.0109. The summed E-state index contributed by atoms with van der Waals surface area (Å²) in [6.45, 7) is 3.45. The van der Waals surface area contributed by atoms with Crippen molar-refractivity contribution in [2.75, 3.05) is 13.7 Å². The molecule has 6 nitrogen and oxygen atoms in total. The quantitative estimate of drug-likeness (QED) is 0.803. The molecule has 0 saturated carbocycles. The van der Waals surface area contributed by atoms with Crippen molar-refractivity contribution in [2.45, 2.75) is 31.9 Å². The van der Waals surface area contributed by atoms with Crippen LogP contribution in [0.2, 0.25) is 0 Å². The highest BCUT2D eigenvalue weighted by atomic mass is 16.5. The lowest BCUT2D eigenvalue weighted by molar-refractivity contribution is -0.143. The smallest absolute Gasteiger partial charge is 0.330 e. The van der Waals surface area contributed by atoms with Crippen LogP contribution in [0.4, 0.5) is 0 Å². The lowest BCUT2D eigenvalue weighted by Gasteiger charge is -2.15. The van der Waals surface area contributed by atoms with E-state index in [1.807, 2.05) is 19.9 Å². The van der Waals surface area contributed by atoms with Crippen LogP contribution in [-0.2, 0) is 9.53 Å². The number of ether oxygens (including phenoxy) is 2. The van der Waals surface area contributed by atoms with E-state index in [-0.39, 0.29) is 12.0 Å². The zero-order chi connectivity index (χ0) is 15.6. The number of carbonyl (C=O) groups is 2. The summed E-state index contributed by atoms with van der Waals surface area (Å²) >= 11 is 0. The van der Waals surface area contributed by atoms with Crippen LogP contribution in [0.5, 0.6) is 5.75 Å². The third-order valence-corrected chi connectivity index (χ3v) is 3.76. The van der Waals surface area contributed by atoms with Gasteiger partial charge in [0.1, 0.15) is 11.9 Å². The molecule has 0 saturated heterocycles. The third-order valence-electron chi connectivity index (χ3n) is 3.76. The van der Waals surface area contributed by atoms with Crippen molar-refractivity contribution in [2.24, 2.45) is 0 Å². The van der Waals surface area contributed by atoms with Gasteiger partial charge in [-0.3, -0.25) is 4.79 Å². The van der Waals surface area contributed by atoms with Crippen molar-refractivity contribution in [1.82, 2.24) is 5.32 Å². The molecule has 21 heavy (non-hydrogen) atoms. The largest absolute Gasteiger partial charge is 0.489 e. The number of methoxy groups -OCH3 is 1. The SMILES string of the molecule is COC(=O)C(CO)NC(=O)c1cccc2c1OC(C)C2C. The van der Waals surface area contributed by atoms with Crippen LogP contribution >= 0.6 is 0 Å². The van der Waals surface area contributed by atoms with Gasteiger partial charge in [0.05, 0.1) is 19.3 Å². The highest BCUT2D eigenvalue weighted by Gasteiger charge is 2.32. The number of amides is 1. The zero-order valence-electron chi connectivity index (χ0n) is 12.3. The zero-order valence-corrected chi connectivity index (χ0v) is 12.3. The normalized spacial score (nSPS) is 21.1. The van der Waals surface area contributed by atoms with Crippen LogP contribution in [0, 0.1) is 0 Å². The molecule has 6 heteroatoms. The first-order valence-electron chi connectivity index (χ1n) is 6.78. The molecule has 1 aromatic carbocycles. The summed E-state index contributed by atoms with van der Waals surface area (Å²) in [5.41, 5.74) is 1.32. The highest BCUT2D eigenvalue weighted by molar-refractivity contribution is 5.99. The first-order chi connectivity index (χ1) is 9.99. The fraction of sp³-hybridized carbons (Fsp3) is 0.467. The summed E-state index contributed by atoms with van der Waals surface area (Å²) in [6.07, 6.45) is -0.0109. The molecule has 0 fully saturated rings. The van der Waals surface area contributed by atoms with Crippen molar-refractivity contribution in [3.05, 3.63) is 29.3 Å². The third kappa shape index (κ3) is 2.85. The predicted octanol–water partition coefficient (Wildman–Crippen LogP) is 0.835. The second kappa shape index (κ2) is 6.13. The van der Waals surface area contributed by atoms with E-state index in [0.717, 1.165) is 5.56 Å². The molecule has 3 unspecified atom stereocenters. The van der Waals surface area contributed by atoms with Crippen LogP contribution < -0.4 is 10.1 Å². The Balaban J connectivity index is 2.24. The standard InChI is InChI=1S/C15H19NO5/c1-8-9(2)21-13-10(8)5-4-6-11(13)14(18)16-12(7-17)15(19)20-3/h4-6,8-9,12,17H,7H2,1-3H3,(H,16,18). The minimum atomic E-state index is -1.09. The number of carbonyl (C=O) groups excluding carboxylic acids is 2. The van der Waals surface area contributed by atoms with Gasteiger partial charge in [-0.1, -0.05) is 19.1 Å². The van der Waals surface area contributed by atoms with Gasteiger partial charge in [-0.25, -0.2) is 4.79 Å². The number of aliphatic hydroxyl groups is 1. The van der Waals surface area contributed by atoms with E-state index in [1.54, 1.807) is 12.1 Å². The van der Waals surface area contributed by atoms with Crippen LogP contribution in [-0.4, -0.2) is 42.8 Å². The number of fused-ring (bicyclic) bond motifs is 1. The molecule has 0 aliphatic carbocycles. The molecular weight excluding hydrogens is 274 g/mol. The minimum Gasteiger partial charge on any atom is -0.489 e. The summed E-state index contributed by atoms with van der Waals surface area (Å²) in [6, 6.07) is 4.24. The van der Waals surface area contributed by atoms with Crippen LogP contribution in [0.15, 0.2) is 18.2 Å². The van der Waals surface area contributed by atoms with Crippen molar-refractivity contribution >= 4 is 11.9 Å².